The molecule has 0 unspecified atom stereocenters. The number of likely N-dealkylation sites (tertiary alicyclic amines) is 2. The van der Waals surface area contributed by atoms with Crippen molar-refractivity contribution in [3.63, 3.8) is 0 Å². The number of benzene rings is 1. The molecule has 5 nitrogen and oxygen atoms in total. The summed E-state index contributed by atoms with van der Waals surface area (Å²) in [7, 11) is 0. The summed E-state index contributed by atoms with van der Waals surface area (Å²) < 4.78 is 0. The Morgan fingerprint density at radius 1 is 1.15 bits per heavy atom. The molecule has 0 radical (unpaired) electrons. The molecule has 142 valence electrons. The first-order valence-electron chi connectivity index (χ1n) is 9.95. The van der Waals surface area contributed by atoms with E-state index in [1.165, 1.54) is 24.0 Å². The molecule has 1 aromatic carbocycles. The molecule has 26 heavy (non-hydrogen) atoms. The minimum Gasteiger partial charge on any atom is -0.352 e. The number of piperidine rings is 1. The molecule has 3 rings (SSSR count). The Hall–Kier alpha value is -1.88. The van der Waals surface area contributed by atoms with Gasteiger partial charge >= 0.3 is 0 Å². The number of hydrogen-bond donors (Lipinski definition) is 1. The first-order chi connectivity index (χ1) is 12.6. The summed E-state index contributed by atoms with van der Waals surface area (Å²) >= 11 is 0. The summed E-state index contributed by atoms with van der Waals surface area (Å²) in [4.78, 5) is 28.1. The molecule has 0 spiro atoms. The van der Waals surface area contributed by atoms with E-state index >= 15 is 0 Å². The van der Waals surface area contributed by atoms with E-state index in [1.807, 2.05) is 6.07 Å². The Morgan fingerprint density at radius 2 is 1.88 bits per heavy atom. The Kier molecular flexibility index (Phi) is 6.67. The van der Waals surface area contributed by atoms with Crippen molar-refractivity contribution in [2.75, 3.05) is 26.2 Å². The summed E-state index contributed by atoms with van der Waals surface area (Å²) in [5, 5.41) is 3.03. The second-order valence-electron chi connectivity index (χ2n) is 7.74. The van der Waals surface area contributed by atoms with E-state index in [1.54, 1.807) is 4.90 Å². The van der Waals surface area contributed by atoms with Gasteiger partial charge in [-0.15, -0.1) is 0 Å². The summed E-state index contributed by atoms with van der Waals surface area (Å²) in [6.45, 7) is 7.50. The molecule has 2 amide bonds. The van der Waals surface area contributed by atoms with E-state index in [0.717, 1.165) is 38.5 Å². The molecule has 0 bridgehead atoms. The highest BCUT2D eigenvalue weighted by molar-refractivity contribution is 5.80. The van der Waals surface area contributed by atoms with Crippen molar-refractivity contribution in [2.45, 2.75) is 52.1 Å². The van der Waals surface area contributed by atoms with Crippen LogP contribution in [0.25, 0.3) is 0 Å². The van der Waals surface area contributed by atoms with Gasteiger partial charge in [-0.05, 0) is 49.4 Å². The molecule has 5 heteroatoms. The zero-order valence-electron chi connectivity index (χ0n) is 15.9. The maximum Gasteiger partial charge on any atom is 0.222 e. The number of hydrogen-bond acceptors (Lipinski definition) is 3. The van der Waals surface area contributed by atoms with Crippen molar-refractivity contribution >= 4 is 11.8 Å². The summed E-state index contributed by atoms with van der Waals surface area (Å²) in [6, 6.07) is 8.38. The zero-order valence-corrected chi connectivity index (χ0v) is 15.9. The van der Waals surface area contributed by atoms with Gasteiger partial charge in [0.1, 0.15) is 0 Å². The highest BCUT2D eigenvalue weighted by Gasteiger charge is 2.20. The molecule has 2 fully saturated rings. The smallest absolute Gasteiger partial charge is 0.222 e. The number of carbonyl (C=O) groups excluding carboxylic acids is 2. The second-order valence-corrected chi connectivity index (χ2v) is 7.74. The van der Waals surface area contributed by atoms with Gasteiger partial charge in [0.05, 0.1) is 0 Å². The van der Waals surface area contributed by atoms with Gasteiger partial charge in [0.2, 0.25) is 11.8 Å². The van der Waals surface area contributed by atoms with E-state index < -0.39 is 0 Å². The monoisotopic (exact) mass is 357 g/mol. The number of nitrogens with one attached hydrogen (secondary N) is 1. The van der Waals surface area contributed by atoms with Gasteiger partial charge in [-0.2, -0.15) is 0 Å². The third-order valence-corrected chi connectivity index (χ3v) is 5.64. The van der Waals surface area contributed by atoms with Gasteiger partial charge in [-0.1, -0.05) is 31.2 Å². The van der Waals surface area contributed by atoms with Gasteiger partial charge in [0, 0.05) is 39.0 Å². The van der Waals surface area contributed by atoms with Crippen molar-refractivity contribution in [1.82, 2.24) is 15.1 Å². The number of carbonyl (C=O) groups is 2. The van der Waals surface area contributed by atoms with Crippen molar-refractivity contribution in [3.05, 3.63) is 35.4 Å². The molecular formula is C21H31N3O2. The predicted molar refractivity (Wildman–Crippen MR) is 102 cm³/mol. The maximum atomic E-state index is 12.2. The van der Waals surface area contributed by atoms with Crippen LogP contribution in [0.1, 0.15) is 50.2 Å². The van der Waals surface area contributed by atoms with Crippen molar-refractivity contribution in [2.24, 2.45) is 5.92 Å². The highest BCUT2D eigenvalue weighted by Crippen LogP contribution is 2.19. The lowest BCUT2D eigenvalue weighted by atomic mass is 9.98. The van der Waals surface area contributed by atoms with E-state index in [0.29, 0.717) is 25.9 Å². The van der Waals surface area contributed by atoms with Crippen LogP contribution in [0, 0.1) is 5.92 Å². The standard InChI is InChI=1S/C21H31N3O2/c1-17-8-12-23(13-9-17)16-19-6-3-2-5-18(19)15-22-20(25)10-14-24-11-4-7-21(24)26/h2-3,5-6,17H,4,7-16H2,1H3,(H,22,25). The van der Waals surface area contributed by atoms with Crippen LogP contribution in [0.4, 0.5) is 0 Å². The molecule has 2 saturated heterocycles. The molecule has 0 atom stereocenters. The molecule has 2 heterocycles. The largest absolute Gasteiger partial charge is 0.352 e. The Morgan fingerprint density at radius 3 is 2.58 bits per heavy atom. The molecule has 1 aromatic rings. The Labute approximate surface area is 156 Å². The first-order valence-corrected chi connectivity index (χ1v) is 9.95. The number of rotatable bonds is 7. The van der Waals surface area contributed by atoms with Gasteiger partial charge in [0.25, 0.3) is 0 Å². The van der Waals surface area contributed by atoms with Crippen LogP contribution in [0.3, 0.4) is 0 Å². The third kappa shape index (κ3) is 5.31. The van der Waals surface area contributed by atoms with Gasteiger partial charge in [0.15, 0.2) is 0 Å². The molecule has 0 aliphatic carbocycles. The van der Waals surface area contributed by atoms with Crippen LogP contribution in [-0.2, 0) is 22.7 Å². The lowest BCUT2D eigenvalue weighted by Crippen LogP contribution is -2.33. The topological polar surface area (TPSA) is 52.7 Å². The first kappa shape index (κ1) is 18.9. The van der Waals surface area contributed by atoms with E-state index in [2.05, 4.69) is 35.3 Å². The van der Waals surface area contributed by atoms with Gasteiger partial charge in [-0.3, -0.25) is 14.5 Å². The molecule has 0 saturated carbocycles. The predicted octanol–water partition coefficient (Wildman–Crippen LogP) is 2.55. The van der Waals surface area contributed by atoms with E-state index in [4.69, 9.17) is 0 Å². The fourth-order valence-electron chi connectivity index (χ4n) is 3.80. The minimum absolute atomic E-state index is 0.0197. The average Bonchev–Trinajstić information content (AvgIpc) is 3.06. The van der Waals surface area contributed by atoms with Crippen molar-refractivity contribution in [3.8, 4) is 0 Å². The molecule has 2 aliphatic heterocycles. The maximum absolute atomic E-state index is 12.2. The lowest BCUT2D eigenvalue weighted by molar-refractivity contribution is -0.128. The van der Waals surface area contributed by atoms with Crippen LogP contribution in [-0.4, -0.2) is 47.8 Å². The second kappa shape index (κ2) is 9.17. The average molecular weight is 357 g/mol. The minimum atomic E-state index is 0.0197. The third-order valence-electron chi connectivity index (χ3n) is 5.64. The SMILES string of the molecule is CC1CCN(Cc2ccccc2CNC(=O)CCN2CCCC2=O)CC1. The van der Waals surface area contributed by atoms with E-state index in [9.17, 15) is 9.59 Å². The van der Waals surface area contributed by atoms with Crippen LogP contribution in [0.5, 0.6) is 0 Å². The zero-order chi connectivity index (χ0) is 18.4. The van der Waals surface area contributed by atoms with Crippen LogP contribution in [0.15, 0.2) is 24.3 Å². The van der Waals surface area contributed by atoms with Gasteiger partial charge < -0.3 is 10.2 Å². The molecular weight excluding hydrogens is 326 g/mol. The van der Waals surface area contributed by atoms with Gasteiger partial charge in [-0.25, -0.2) is 0 Å². The molecule has 0 aromatic heterocycles. The fraction of sp³-hybridized carbons (Fsp3) is 0.619. The number of amides is 2. The molecule has 1 N–H and O–H groups in total. The fourth-order valence-corrected chi connectivity index (χ4v) is 3.80. The van der Waals surface area contributed by atoms with Crippen molar-refractivity contribution < 1.29 is 9.59 Å². The summed E-state index contributed by atoms with van der Waals surface area (Å²) in [5.41, 5.74) is 2.49. The number of nitrogens with zero attached hydrogens (tertiary/aromatic N) is 2. The van der Waals surface area contributed by atoms with Crippen LogP contribution in [0.2, 0.25) is 0 Å². The van der Waals surface area contributed by atoms with Crippen LogP contribution < -0.4 is 5.32 Å². The quantitative estimate of drug-likeness (QED) is 0.816. The Balaban J connectivity index is 1.46. The summed E-state index contributed by atoms with van der Waals surface area (Å²) in [6.07, 6.45) is 4.48. The lowest BCUT2D eigenvalue weighted by Gasteiger charge is -2.30. The molecule has 2 aliphatic rings. The van der Waals surface area contributed by atoms with E-state index in [-0.39, 0.29) is 11.8 Å². The highest BCUT2D eigenvalue weighted by atomic mass is 16.2. The summed E-state index contributed by atoms with van der Waals surface area (Å²) in [5.74, 6) is 1.04. The van der Waals surface area contributed by atoms with Crippen LogP contribution >= 0.6 is 0 Å². The normalized spacial score (nSPS) is 19.1. The van der Waals surface area contributed by atoms with Crippen molar-refractivity contribution in [1.29, 1.82) is 0 Å². The Bertz CT molecular complexity index is 623.